The maximum atomic E-state index is 11.0. The van der Waals surface area contributed by atoms with Gasteiger partial charge in [-0.15, -0.1) is 0 Å². The molecule has 2 N–H and O–H groups in total. The third-order valence-corrected chi connectivity index (χ3v) is 3.13. The molecule has 0 amide bonds. The number of carboxylic acid groups (broad SMARTS) is 1. The van der Waals surface area contributed by atoms with Gasteiger partial charge in [-0.05, 0) is 30.4 Å². The molecular formula is C13H18N2O2. The molecule has 1 aliphatic carbocycles. The van der Waals surface area contributed by atoms with Crippen molar-refractivity contribution >= 4 is 11.8 Å². The van der Waals surface area contributed by atoms with Crippen LogP contribution in [-0.4, -0.2) is 22.1 Å². The zero-order chi connectivity index (χ0) is 12.6. The van der Waals surface area contributed by atoms with E-state index in [1.54, 1.807) is 12.1 Å². The van der Waals surface area contributed by atoms with Gasteiger partial charge in [-0.3, -0.25) is 0 Å². The first kappa shape index (κ1) is 11.9. The van der Waals surface area contributed by atoms with E-state index in [2.05, 4.69) is 17.2 Å². The van der Waals surface area contributed by atoms with Gasteiger partial charge in [0.05, 0.1) is 5.56 Å². The van der Waals surface area contributed by atoms with E-state index in [9.17, 15) is 4.79 Å². The van der Waals surface area contributed by atoms with E-state index in [-0.39, 0.29) is 5.92 Å². The van der Waals surface area contributed by atoms with E-state index < -0.39 is 5.97 Å². The van der Waals surface area contributed by atoms with E-state index in [1.165, 1.54) is 0 Å². The van der Waals surface area contributed by atoms with Crippen molar-refractivity contribution in [3.05, 3.63) is 23.4 Å². The number of pyridine rings is 1. The smallest absolute Gasteiger partial charge is 0.335 e. The number of hydrogen-bond donors (Lipinski definition) is 2. The SMILES string of the molecule is CC(C)c1cc(C(=O)O)cc(NC2CC2C)n1. The van der Waals surface area contributed by atoms with Crippen LogP contribution >= 0.6 is 0 Å². The van der Waals surface area contributed by atoms with Crippen LogP contribution < -0.4 is 5.32 Å². The molecule has 1 aromatic heterocycles. The standard InChI is InChI=1S/C13H18N2O2/c1-7(2)10-5-9(13(16)17)6-12(14-10)15-11-4-8(11)3/h5-8,11H,4H2,1-3H3,(H,14,15)(H,16,17). The fourth-order valence-electron chi connectivity index (χ4n) is 1.76. The number of carboxylic acids is 1. The van der Waals surface area contributed by atoms with Crippen molar-refractivity contribution in [1.82, 2.24) is 4.98 Å². The lowest BCUT2D eigenvalue weighted by Gasteiger charge is -2.10. The summed E-state index contributed by atoms with van der Waals surface area (Å²) in [7, 11) is 0. The van der Waals surface area contributed by atoms with Gasteiger partial charge in [0.1, 0.15) is 5.82 Å². The number of aromatic nitrogens is 1. The molecule has 0 aliphatic heterocycles. The Kier molecular flexibility index (Phi) is 3.05. The summed E-state index contributed by atoms with van der Waals surface area (Å²) < 4.78 is 0. The predicted octanol–water partition coefficient (Wildman–Crippen LogP) is 2.72. The predicted molar refractivity (Wildman–Crippen MR) is 66.5 cm³/mol. The molecule has 92 valence electrons. The lowest BCUT2D eigenvalue weighted by Crippen LogP contribution is -2.09. The fraction of sp³-hybridized carbons (Fsp3) is 0.538. The minimum atomic E-state index is -0.902. The van der Waals surface area contributed by atoms with Crippen LogP contribution in [0.25, 0.3) is 0 Å². The third-order valence-electron chi connectivity index (χ3n) is 3.13. The molecule has 0 radical (unpaired) electrons. The normalized spacial score (nSPS) is 22.6. The summed E-state index contributed by atoms with van der Waals surface area (Å²) >= 11 is 0. The Balaban J connectivity index is 2.27. The van der Waals surface area contributed by atoms with Gasteiger partial charge in [-0.1, -0.05) is 20.8 Å². The van der Waals surface area contributed by atoms with Crippen LogP contribution in [0.4, 0.5) is 5.82 Å². The van der Waals surface area contributed by atoms with Gasteiger partial charge in [0.25, 0.3) is 0 Å². The molecule has 1 fully saturated rings. The highest BCUT2D eigenvalue weighted by Gasteiger charge is 2.32. The van der Waals surface area contributed by atoms with Crippen molar-refractivity contribution in [2.75, 3.05) is 5.32 Å². The Morgan fingerprint density at radius 3 is 2.65 bits per heavy atom. The van der Waals surface area contributed by atoms with Gasteiger partial charge in [-0.2, -0.15) is 0 Å². The molecule has 1 aromatic rings. The molecule has 17 heavy (non-hydrogen) atoms. The van der Waals surface area contributed by atoms with Crippen LogP contribution in [0.1, 0.15) is 49.2 Å². The minimum absolute atomic E-state index is 0.228. The monoisotopic (exact) mass is 234 g/mol. The Hall–Kier alpha value is -1.58. The molecule has 1 aliphatic rings. The number of nitrogens with one attached hydrogen (secondary N) is 1. The lowest BCUT2D eigenvalue weighted by molar-refractivity contribution is 0.0696. The second-order valence-corrected chi connectivity index (χ2v) is 5.09. The van der Waals surface area contributed by atoms with E-state index in [4.69, 9.17) is 5.11 Å². The summed E-state index contributed by atoms with van der Waals surface area (Å²) in [6.45, 7) is 6.19. The summed E-state index contributed by atoms with van der Waals surface area (Å²) in [4.78, 5) is 15.5. The van der Waals surface area contributed by atoms with Crippen LogP contribution in [0.2, 0.25) is 0 Å². The molecule has 1 heterocycles. The average Bonchev–Trinajstić information content (AvgIpc) is 2.93. The van der Waals surface area contributed by atoms with Crippen molar-refractivity contribution in [3.63, 3.8) is 0 Å². The summed E-state index contributed by atoms with van der Waals surface area (Å²) in [5.41, 5.74) is 1.13. The molecule has 0 spiro atoms. The molecule has 2 atom stereocenters. The highest BCUT2D eigenvalue weighted by atomic mass is 16.4. The molecule has 0 bridgehead atoms. The minimum Gasteiger partial charge on any atom is -0.478 e. The summed E-state index contributed by atoms with van der Waals surface area (Å²) in [5, 5.41) is 12.3. The van der Waals surface area contributed by atoms with Gasteiger partial charge >= 0.3 is 5.97 Å². The van der Waals surface area contributed by atoms with Crippen molar-refractivity contribution in [1.29, 1.82) is 0 Å². The highest BCUT2D eigenvalue weighted by Crippen LogP contribution is 2.32. The van der Waals surface area contributed by atoms with Gasteiger partial charge in [-0.25, -0.2) is 9.78 Å². The molecule has 4 nitrogen and oxygen atoms in total. The molecule has 0 saturated heterocycles. The van der Waals surface area contributed by atoms with Crippen LogP contribution in [0.15, 0.2) is 12.1 Å². The molecule has 1 saturated carbocycles. The second kappa shape index (κ2) is 4.35. The van der Waals surface area contributed by atoms with Crippen LogP contribution in [0.5, 0.6) is 0 Å². The van der Waals surface area contributed by atoms with Crippen molar-refractivity contribution in [2.45, 2.75) is 39.2 Å². The summed E-state index contributed by atoms with van der Waals surface area (Å²) in [6, 6.07) is 3.71. The van der Waals surface area contributed by atoms with E-state index >= 15 is 0 Å². The Morgan fingerprint density at radius 1 is 1.53 bits per heavy atom. The number of hydrogen-bond acceptors (Lipinski definition) is 3. The topological polar surface area (TPSA) is 62.2 Å². The number of carbonyl (C=O) groups is 1. The van der Waals surface area contributed by atoms with Crippen molar-refractivity contribution in [2.24, 2.45) is 5.92 Å². The summed E-state index contributed by atoms with van der Waals surface area (Å²) in [5.74, 6) is 0.670. The number of aromatic carboxylic acids is 1. The third kappa shape index (κ3) is 2.75. The van der Waals surface area contributed by atoms with Crippen LogP contribution in [-0.2, 0) is 0 Å². The maximum Gasteiger partial charge on any atom is 0.335 e. The van der Waals surface area contributed by atoms with Gasteiger partial charge in [0.15, 0.2) is 0 Å². The number of anilines is 1. The van der Waals surface area contributed by atoms with Crippen molar-refractivity contribution in [3.8, 4) is 0 Å². The lowest BCUT2D eigenvalue weighted by atomic mass is 10.1. The van der Waals surface area contributed by atoms with Crippen LogP contribution in [0, 0.1) is 5.92 Å². The highest BCUT2D eigenvalue weighted by molar-refractivity contribution is 5.88. The zero-order valence-corrected chi connectivity index (χ0v) is 10.4. The van der Waals surface area contributed by atoms with Crippen molar-refractivity contribution < 1.29 is 9.90 Å². The van der Waals surface area contributed by atoms with Gasteiger partial charge in [0.2, 0.25) is 0 Å². The van der Waals surface area contributed by atoms with E-state index in [0.29, 0.717) is 23.3 Å². The Labute approximate surface area is 101 Å². The fourth-order valence-corrected chi connectivity index (χ4v) is 1.76. The average molecular weight is 234 g/mol. The first-order valence-corrected chi connectivity index (χ1v) is 5.99. The Morgan fingerprint density at radius 2 is 2.18 bits per heavy atom. The molecule has 4 heteroatoms. The zero-order valence-electron chi connectivity index (χ0n) is 10.4. The molecule has 2 unspecified atom stereocenters. The number of rotatable bonds is 4. The van der Waals surface area contributed by atoms with E-state index in [1.807, 2.05) is 13.8 Å². The van der Waals surface area contributed by atoms with Gasteiger partial charge in [0, 0.05) is 11.7 Å². The number of nitrogens with zero attached hydrogens (tertiary/aromatic N) is 1. The first-order valence-electron chi connectivity index (χ1n) is 5.99. The van der Waals surface area contributed by atoms with Crippen LogP contribution in [0.3, 0.4) is 0 Å². The van der Waals surface area contributed by atoms with E-state index in [0.717, 1.165) is 12.1 Å². The quantitative estimate of drug-likeness (QED) is 0.840. The summed E-state index contributed by atoms with van der Waals surface area (Å²) in [6.07, 6.45) is 1.13. The second-order valence-electron chi connectivity index (χ2n) is 5.09. The van der Waals surface area contributed by atoms with Gasteiger partial charge < -0.3 is 10.4 Å². The molecular weight excluding hydrogens is 216 g/mol. The molecule has 0 aromatic carbocycles. The molecule has 2 rings (SSSR count). The Bertz CT molecular complexity index is 443. The maximum absolute atomic E-state index is 11.0. The largest absolute Gasteiger partial charge is 0.478 e. The first-order chi connectivity index (χ1) is 7.97.